The van der Waals surface area contributed by atoms with Gasteiger partial charge >= 0.3 is 11.9 Å². The smallest absolute Gasteiger partial charge is 0.330 e. The van der Waals surface area contributed by atoms with Gasteiger partial charge in [0, 0.05) is 12.0 Å². The monoisotopic (exact) mass is 444 g/mol. The average Bonchev–Trinajstić information content (AvgIpc) is 2.87. The zero-order valence-electron chi connectivity index (χ0n) is 19.4. The van der Waals surface area contributed by atoms with Crippen LogP contribution in [0.25, 0.3) is 0 Å². The molecule has 0 aromatic carbocycles. The third-order valence-electron chi connectivity index (χ3n) is 10.5. The fraction of sp³-hybridized carbons (Fsp3) is 0.800. The van der Waals surface area contributed by atoms with E-state index in [0.29, 0.717) is 19.3 Å². The molecular weight excluding hydrogens is 412 g/mol. The molecule has 3 saturated carbocycles. The van der Waals surface area contributed by atoms with Crippen LogP contribution in [0.1, 0.15) is 60.3 Å². The van der Waals surface area contributed by atoms with Crippen molar-refractivity contribution in [2.45, 2.75) is 83.2 Å². The molecule has 0 aromatic heterocycles. The normalized spacial score (nSPS) is 57.1. The number of carbonyl (C=O) groups excluding carboxylic acids is 3. The van der Waals surface area contributed by atoms with Crippen LogP contribution in [-0.2, 0) is 28.6 Å². The second-order valence-corrected chi connectivity index (χ2v) is 12.4. The first-order chi connectivity index (χ1) is 14.8. The summed E-state index contributed by atoms with van der Waals surface area (Å²) in [5, 5.41) is 11.4. The molecule has 174 valence electrons. The lowest BCUT2D eigenvalue weighted by molar-refractivity contribution is -0.304. The van der Waals surface area contributed by atoms with Crippen molar-refractivity contribution < 1.29 is 33.7 Å². The number of carbonyl (C=O) groups is 3. The van der Waals surface area contributed by atoms with E-state index in [1.165, 1.54) is 6.08 Å². The molecule has 9 unspecified atom stereocenters. The van der Waals surface area contributed by atoms with Gasteiger partial charge in [-0.15, -0.1) is 0 Å². The van der Waals surface area contributed by atoms with Gasteiger partial charge in [-0.05, 0) is 64.7 Å². The molecule has 5 heterocycles. The highest BCUT2D eigenvalue weighted by atomic mass is 16.6. The molecular formula is C25H32O7. The highest BCUT2D eigenvalue weighted by Crippen LogP contribution is 2.74. The predicted molar refractivity (Wildman–Crippen MR) is 111 cm³/mol. The van der Waals surface area contributed by atoms with Crippen LogP contribution in [-0.4, -0.2) is 52.3 Å². The molecule has 1 N–H and O–H groups in total. The molecule has 7 nitrogen and oxygen atoms in total. The van der Waals surface area contributed by atoms with Crippen molar-refractivity contribution in [3.05, 3.63) is 12.2 Å². The minimum absolute atomic E-state index is 0.00340. The number of ketones is 1. The van der Waals surface area contributed by atoms with Gasteiger partial charge in [-0.3, -0.25) is 9.59 Å². The van der Waals surface area contributed by atoms with Crippen molar-refractivity contribution in [2.24, 2.45) is 34.0 Å². The van der Waals surface area contributed by atoms with Crippen molar-refractivity contribution in [3.8, 4) is 0 Å². The topological polar surface area (TPSA) is 99.1 Å². The molecule has 5 aliphatic heterocycles. The number of hydrogen-bond acceptors (Lipinski definition) is 7. The molecule has 0 amide bonds. The van der Waals surface area contributed by atoms with Gasteiger partial charge in [0.2, 0.25) is 0 Å². The Labute approximate surface area is 187 Å². The van der Waals surface area contributed by atoms with Crippen LogP contribution < -0.4 is 0 Å². The molecule has 0 aromatic rings. The molecule has 2 spiro atoms. The van der Waals surface area contributed by atoms with Crippen LogP contribution >= 0.6 is 0 Å². The number of allylic oxidation sites excluding steroid dienone is 1. The van der Waals surface area contributed by atoms with E-state index in [4.69, 9.17) is 14.2 Å². The lowest BCUT2D eigenvalue weighted by atomic mass is 9.46. The Bertz CT molecular complexity index is 1000. The van der Waals surface area contributed by atoms with Crippen molar-refractivity contribution in [1.29, 1.82) is 0 Å². The van der Waals surface area contributed by atoms with Gasteiger partial charge in [-0.1, -0.05) is 13.0 Å². The van der Waals surface area contributed by atoms with Gasteiger partial charge in [-0.25, -0.2) is 4.79 Å². The second kappa shape index (κ2) is 5.49. The largest absolute Gasteiger partial charge is 0.462 e. The number of hydrogen-bond donors (Lipinski definition) is 1. The Morgan fingerprint density at radius 1 is 1.06 bits per heavy atom. The molecule has 7 fully saturated rings. The van der Waals surface area contributed by atoms with E-state index in [1.807, 2.05) is 26.8 Å². The maximum Gasteiger partial charge on any atom is 0.330 e. The van der Waals surface area contributed by atoms with Crippen LogP contribution in [0.2, 0.25) is 0 Å². The summed E-state index contributed by atoms with van der Waals surface area (Å²) in [5.74, 6) is -1.71. The minimum Gasteiger partial charge on any atom is -0.462 e. The lowest BCUT2D eigenvalue weighted by Gasteiger charge is -2.65. The van der Waals surface area contributed by atoms with Crippen molar-refractivity contribution in [2.75, 3.05) is 6.61 Å². The predicted octanol–water partition coefficient (Wildman–Crippen LogP) is 2.34. The maximum atomic E-state index is 14.1. The van der Waals surface area contributed by atoms with Gasteiger partial charge in [0.1, 0.15) is 29.5 Å². The van der Waals surface area contributed by atoms with Crippen LogP contribution in [0.3, 0.4) is 0 Å². The summed E-state index contributed by atoms with van der Waals surface area (Å²) in [4.78, 5) is 39.3. The Morgan fingerprint density at radius 3 is 2.50 bits per heavy atom. The quantitative estimate of drug-likeness (QED) is 0.573. The fourth-order valence-corrected chi connectivity index (χ4v) is 9.21. The van der Waals surface area contributed by atoms with E-state index in [0.717, 1.165) is 6.42 Å². The zero-order valence-corrected chi connectivity index (χ0v) is 19.4. The molecule has 0 radical (unpaired) electrons. The number of cyclic esters (lactones) is 2. The Morgan fingerprint density at radius 2 is 1.78 bits per heavy atom. The highest BCUT2D eigenvalue weighted by molar-refractivity contribution is 5.97. The van der Waals surface area contributed by atoms with E-state index in [-0.39, 0.29) is 30.2 Å². The summed E-state index contributed by atoms with van der Waals surface area (Å²) in [6.45, 7) is 9.81. The average molecular weight is 445 g/mol. The standard InChI is InChI=1S/C25H32O7/c1-20(2)13-6-9-24-11-22(4)17(27)16-18(28)30-12-25(16,32-24)23(5,19(22)29)10-14(24)21(13,3)8-7-15(26)31-20/h7-8,13-14,16-17,27H,6,9-12H2,1-5H3. The van der Waals surface area contributed by atoms with Crippen molar-refractivity contribution in [3.63, 3.8) is 0 Å². The lowest BCUT2D eigenvalue weighted by Crippen LogP contribution is -2.73. The van der Waals surface area contributed by atoms with E-state index in [1.54, 1.807) is 6.92 Å². The number of esters is 2. The molecule has 7 heteroatoms. The van der Waals surface area contributed by atoms with Crippen molar-refractivity contribution in [1.82, 2.24) is 0 Å². The minimum atomic E-state index is -1.15. The third-order valence-corrected chi connectivity index (χ3v) is 10.5. The van der Waals surface area contributed by atoms with Crippen LogP contribution in [0.5, 0.6) is 0 Å². The second-order valence-electron chi connectivity index (χ2n) is 12.4. The van der Waals surface area contributed by atoms with Crippen LogP contribution in [0, 0.1) is 34.0 Å². The van der Waals surface area contributed by atoms with Gasteiger partial charge in [0.25, 0.3) is 0 Å². The third kappa shape index (κ3) is 1.97. The molecule has 32 heavy (non-hydrogen) atoms. The summed E-state index contributed by atoms with van der Waals surface area (Å²) < 4.78 is 18.3. The van der Waals surface area contributed by atoms with E-state index >= 15 is 0 Å². The van der Waals surface area contributed by atoms with Crippen LogP contribution in [0.4, 0.5) is 0 Å². The highest BCUT2D eigenvalue weighted by Gasteiger charge is 2.84. The number of Topliss-reactive ketones (excluding diaryl/α,β-unsaturated/α-hetero) is 1. The number of ether oxygens (including phenoxy) is 3. The summed E-state index contributed by atoms with van der Waals surface area (Å²) in [6, 6.07) is 0. The van der Waals surface area contributed by atoms with E-state index in [9.17, 15) is 19.5 Å². The number of fused-ring (bicyclic) bond motifs is 1. The molecule has 4 bridgehead atoms. The maximum absolute atomic E-state index is 14.1. The van der Waals surface area contributed by atoms with Gasteiger partial charge in [-0.2, -0.15) is 0 Å². The summed E-state index contributed by atoms with van der Waals surface area (Å²) in [5.41, 5.74) is -5.01. The molecule has 4 saturated heterocycles. The van der Waals surface area contributed by atoms with Crippen LogP contribution in [0.15, 0.2) is 12.2 Å². The van der Waals surface area contributed by atoms with Gasteiger partial charge < -0.3 is 19.3 Å². The summed E-state index contributed by atoms with van der Waals surface area (Å²) in [6.07, 6.45) is 4.71. The Kier molecular flexibility index (Phi) is 3.58. The molecule has 9 atom stereocenters. The van der Waals surface area contributed by atoms with Crippen molar-refractivity contribution >= 4 is 17.7 Å². The fourth-order valence-electron chi connectivity index (χ4n) is 9.21. The Hall–Kier alpha value is -1.73. The zero-order chi connectivity index (χ0) is 23.1. The van der Waals surface area contributed by atoms with Gasteiger partial charge in [0.05, 0.1) is 22.5 Å². The number of aliphatic hydroxyl groups is 1. The van der Waals surface area contributed by atoms with E-state index < -0.39 is 51.0 Å². The van der Waals surface area contributed by atoms with E-state index in [2.05, 4.69) is 6.92 Å². The first kappa shape index (κ1) is 20.8. The first-order valence-corrected chi connectivity index (χ1v) is 11.8. The Balaban J connectivity index is 1.59. The SMILES string of the molecule is CC1(C)OC(=O)C=CC2(C)C1CCC13CC4(C)C(=O)C(C)(CC12)C1(COC(=O)C1C4O)O3. The number of aliphatic hydroxyl groups excluding tert-OH is 1. The number of rotatable bonds is 0. The first-order valence-electron chi connectivity index (χ1n) is 11.8. The van der Waals surface area contributed by atoms with Gasteiger partial charge in [0.15, 0.2) is 0 Å². The molecule has 8 rings (SSSR count). The summed E-state index contributed by atoms with van der Waals surface area (Å²) in [7, 11) is 0. The molecule has 8 aliphatic rings. The molecule has 3 aliphatic carbocycles. The summed E-state index contributed by atoms with van der Waals surface area (Å²) >= 11 is 0.